The summed E-state index contributed by atoms with van der Waals surface area (Å²) < 4.78 is 5.09. The monoisotopic (exact) mass is 307 g/mol. The van der Waals surface area contributed by atoms with Crippen LogP contribution >= 0.6 is 11.6 Å². The Bertz CT molecular complexity index is 642. The predicted molar refractivity (Wildman–Crippen MR) is 82.8 cm³/mol. The van der Waals surface area contributed by atoms with Crippen LogP contribution in [0.15, 0.2) is 24.4 Å². The molecule has 1 saturated heterocycles. The van der Waals surface area contributed by atoms with Crippen LogP contribution in [0.3, 0.4) is 0 Å². The molecule has 2 aromatic heterocycles. The van der Waals surface area contributed by atoms with Gasteiger partial charge in [0.1, 0.15) is 5.82 Å². The van der Waals surface area contributed by atoms with E-state index in [0.717, 1.165) is 24.3 Å². The lowest BCUT2D eigenvalue weighted by Crippen LogP contribution is -2.47. The topological polar surface area (TPSA) is 58.5 Å². The molecular formula is C15H18ClN3O2. The molecule has 0 aromatic carbocycles. The fraction of sp³-hybridized carbons (Fsp3) is 0.467. The van der Waals surface area contributed by atoms with E-state index in [-0.39, 0.29) is 0 Å². The summed E-state index contributed by atoms with van der Waals surface area (Å²) in [6.45, 7) is 1.89. The molecule has 0 unspecified atom stereocenters. The van der Waals surface area contributed by atoms with Gasteiger partial charge in [-0.15, -0.1) is 0 Å². The summed E-state index contributed by atoms with van der Waals surface area (Å²) in [5, 5.41) is 11.9. The Morgan fingerprint density at radius 2 is 2.14 bits per heavy atom. The Hall–Kier alpha value is -1.43. The van der Waals surface area contributed by atoms with Crippen LogP contribution in [0.25, 0.3) is 11.0 Å². The third kappa shape index (κ3) is 3.10. The smallest absolute Gasteiger partial charge is 0.161 e. The van der Waals surface area contributed by atoms with Crippen LogP contribution in [-0.2, 0) is 4.74 Å². The lowest BCUT2D eigenvalue weighted by atomic mass is 9.92. The number of pyridine rings is 2. The summed E-state index contributed by atoms with van der Waals surface area (Å²) in [5.74, 6) is 0.886. The molecule has 0 amide bonds. The Kier molecular flexibility index (Phi) is 3.97. The Morgan fingerprint density at radius 3 is 2.86 bits per heavy atom. The van der Waals surface area contributed by atoms with E-state index in [4.69, 9.17) is 16.3 Å². The highest BCUT2D eigenvalue weighted by molar-refractivity contribution is 6.31. The van der Waals surface area contributed by atoms with Crippen molar-refractivity contribution < 1.29 is 9.84 Å². The predicted octanol–water partition coefficient (Wildman–Crippen LogP) is 2.26. The summed E-state index contributed by atoms with van der Waals surface area (Å²) in [7, 11) is 1.62. The van der Waals surface area contributed by atoms with Gasteiger partial charge in [0.25, 0.3) is 0 Å². The van der Waals surface area contributed by atoms with E-state index in [0.29, 0.717) is 30.1 Å². The molecule has 21 heavy (non-hydrogen) atoms. The molecule has 2 aromatic rings. The van der Waals surface area contributed by atoms with Gasteiger partial charge in [0, 0.05) is 31.8 Å². The van der Waals surface area contributed by atoms with Crippen molar-refractivity contribution in [2.75, 3.05) is 31.7 Å². The zero-order chi connectivity index (χ0) is 14.9. The Morgan fingerprint density at radius 1 is 1.38 bits per heavy atom. The maximum Gasteiger partial charge on any atom is 0.161 e. The van der Waals surface area contributed by atoms with Crippen LogP contribution in [0.5, 0.6) is 0 Å². The van der Waals surface area contributed by atoms with Gasteiger partial charge in [0.15, 0.2) is 5.65 Å². The van der Waals surface area contributed by atoms with Gasteiger partial charge in [-0.2, -0.15) is 0 Å². The number of aliphatic hydroxyl groups is 1. The molecule has 0 bridgehead atoms. The molecule has 112 valence electrons. The van der Waals surface area contributed by atoms with Crippen LogP contribution in [0.4, 0.5) is 5.82 Å². The van der Waals surface area contributed by atoms with E-state index in [1.165, 1.54) is 0 Å². The van der Waals surface area contributed by atoms with Crippen molar-refractivity contribution in [1.29, 1.82) is 0 Å². The number of nitrogens with zero attached hydrogens (tertiary/aromatic N) is 3. The van der Waals surface area contributed by atoms with Crippen LogP contribution < -0.4 is 4.90 Å². The number of aromatic nitrogens is 2. The van der Waals surface area contributed by atoms with Gasteiger partial charge >= 0.3 is 0 Å². The fourth-order valence-electron chi connectivity index (χ4n) is 2.72. The zero-order valence-electron chi connectivity index (χ0n) is 11.9. The molecule has 0 atom stereocenters. The van der Waals surface area contributed by atoms with Crippen molar-refractivity contribution in [1.82, 2.24) is 9.97 Å². The largest absolute Gasteiger partial charge is 0.387 e. The van der Waals surface area contributed by atoms with Gasteiger partial charge in [-0.05, 0) is 31.0 Å². The zero-order valence-corrected chi connectivity index (χ0v) is 12.7. The highest BCUT2D eigenvalue weighted by Gasteiger charge is 2.32. The van der Waals surface area contributed by atoms with Crippen molar-refractivity contribution in [2.24, 2.45) is 0 Å². The summed E-state index contributed by atoms with van der Waals surface area (Å²) in [6, 6.07) is 5.81. The molecule has 0 saturated carbocycles. The molecule has 1 fully saturated rings. The molecule has 0 aliphatic carbocycles. The van der Waals surface area contributed by atoms with E-state index in [2.05, 4.69) is 14.9 Å². The van der Waals surface area contributed by atoms with Gasteiger partial charge in [-0.3, -0.25) is 0 Å². The number of fused-ring (bicyclic) bond motifs is 1. The quantitative estimate of drug-likeness (QED) is 0.942. The first-order chi connectivity index (χ1) is 10.1. The number of anilines is 1. The summed E-state index contributed by atoms with van der Waals surface area (Å²) in [6.07, 6.45) is 2.96. The van der Waals surface area contributed by atoms with Crippen LogP contribution in [0.1, 0.15) is 12.8 Å². The van der Waals surface area contributed by atoms with Crippen LogP contribution in [0.2, 0.25) is 5.02 Å². The maximum absolute atomic E-state index is 10.3. The minimum absolute atomic E-state index is 0.381. The van der Waals surface area contributed by atoms with E-state index < -0.39 is 5.60 Å². The van der Waals surface area contributed by atoms with Crippen molar-refractivity contribution >= 4 is 28.5 Å². The van der Waals surface area contributed by atoms with E-state index in [1.807, 2.05) is 18.2 Å². The first-order valence-corrected chi connectivity index (χ1v) is 7.36. The lowest BCUT2D eigenvalue weighted by molar-refractivity contribution is -0.0472. The van der Waals surface area contributed by atoms with Gasteiger partial charge in [0.2, 0.25) is 0 Å². The molecule has 6 heteroatoms. The van der Waals surface area contributed by atoms with Crippen LogP contribution in [-0.4, -0.2) is 47.5 Å². The molecule has 0 radical (unpaired) electrons. The Labute approximate surface area is 128 Å². The second kappa shape index (κ2) is 5.75. The number of piperidine rings is 1. The highest BCUT2D eigenvalue weighted by atomic mass is 35.5. The number of ether oxygens (including phenoxy) is 1. The number of methoxy groups -OCH3 is 1. The standard InChI is InChI=1S/C15H18ClN3O2/c1-21-10-15(20)4-6-19(7-5-15)13-3-2-11-8-12(16)9-17-14(11)18-13/h2-3,8-9,20H,4-7,10H2,1H3. The molecule has 0 spiro atoms. The van der Waals surface area contributed by atoms with Crippen molar-refractivity contribution in [3.63, 3.8) is 0 Å². The summed E-state index contributed by atoms with van der Waals surface area (Å²) in [5.41, 5.74) is -0.0249. The average molecular weight is 308 g/mol. The van der Waals surface area contributed by atoms with E-state index in [9.17, 15) is 5.11 Å². The minimum atomic E-state index is -0.714. The second-order valence-electron chi connectivity index (χ2n) is 5.51. The lowest BCUT2D eigenvalue weighted by Gasteiger charge is -2.38. The van der Waals surface area contributed by atoms with Crippen LogP contribution in [0, 0.1) is 0 Å². The van der Waals surface area contributed by atoms with Gasteiger partial charge in [-0.25, -0.2) is 9.97 Å². The molecule has 3 heterocycles. The van der Waals surface area contributed by atoms with Crippen molar-refractivity contribution in [3.8, 4) is 0 Å². The Balaban J connectivity index is 1.78. The van der Waals surface area contributed by atoms with E-state index >= 15 is 0 Å². The van der Waals surface area contributed by atoms with E-state index in [1.54, 1.807) is 13.3 Å². The third-order valence-corrected chi connectivity index (χ3v) is 4.13. The molecule has 1 aliphatic heterocycles. The third-order valence-electron chi connectivity index (χ3n) is 3.93. The number of hydrogen-bond donors (Lipinski definition) is 1. The van der Waals surface area contributed by atoms with Crippen molar-refractivity contribution in [3.05, 3.63) is 29.4 Å². The first kappa shape index (κ1) is 14.5. The number of rotatable bonds is 3. The fourth-order valence-corrected chi connectivity index (χ4v) is 2.88. The van der Waals surface area contributed by atoms with Gasteiger partial charge in [-0.1, -0.05) is 11.6 Å². The van der Waals surface area contributed by atoms with Gasteiger partial charge < -0.3 is 14.7 Å². The molecule has 1 aliphatic rings. The molecular weight excluding hydrogens is 290 g/mol. The average Bonchev–Trinajstić information content (AvgIpc) is 2.47. The molecule has 3 rings (SSSR count). The minimum Gasteiger partial charge on any atom is -0.387 e. The number of hydrogen-bond acceptors (Lipinski definition) is 5. The second-order valence-corrected chi connectivity index (χ2v) is 5.95. The SMILES string of the molecule is COCC1(O)CCN(c2ccc3cc(Cl)cnc3n2)CC1. The first-order valence-electron chi connectivity index (χ1n) is 6.98. The normalized spacial score (nSPS) is 18.1. The number of halogens is 1. The summed E-state index contributed by atoms with van der Waals surface area (Å²) >= 11 is 5.93. The molecule has 5 nitrogen and oxygen atoms in total. The van der Waals surface area contributed by atoms with Crippen molar-refractivity contribution in [2.45, 2.75) is 18.4 Å². The molecule has 1 N–H and O–H groups in total. The highest BCUT2D eigenvalue weighted by Crippen LogP contribution is 2.27. The maximum atomic E-state index is 10.3. The van der Waals surface area contributed by atoms with Gasteiger partial charge in [0.05, 0.1) is 17.2 Å². The summed E-state index contributed by atoms with van der Waals surface area (Å²) in [4.78, 5) is 11.0.